The number of nitro benzene ring substituents is 1. The second kappa shape index (κ2) is 9.18. The number of aryl methyl sites for hydroxylation is 2. The van der Waals surface area contributed by atoms with Crippen LogP contribution in [0.1, 0.15) is 28.2 Å². The van der Waals surface area contributed by atoms with Gasteiger partial charge in [0.1, 0.15) is 0 Å². The molecule has 1 aliphatic heterocycles. The predicted octanol–water partition coefficient (Wildman–Crippen LogP) is 3.39. The Morgan fingerprint density at radius 2 is 1.71 bits per heavy atom. The number of aromatic nitrogens is 1. The van der Waals surface area contributed by atoms with Gasteiger partial charge in [0.15, 0.2) is 0 Å². The molecule has 10 heteroatoms. The maximum Gasteiger partial charge on any atom is 0.270 e. The van der Waals surface area contributed by atoms with E-state index >= 15 is 0 Å². The van der Waals surface area contributed by atoms with Gasteiger partial charge in [0.25, 0.3) is 11.6 Å². The molecule has 3 amide bonds. The summed E-state index contributed by atoms with van der Waals surface area (Å²) in [6.45, 7) is 3.93. The van der Waals surface area contributed by atoms with Gasteiger partial charge in [0.05, 0.1) is 10.8 Å². The third kappa shape index (κ3) is 4.65. The maximum atomic E-state index is 12.8. The highest BCUT2D eigenvalue weighted by atomic mass is 16.6. The van der Waals surface area contributed by atoms with Crippen LogP contribution in [0, 0.1) is 29.9 Å². The maximum absolute atomic E-state index is 12.8. The molecule has 2 heterocycles. The number of hydrogen-bond donors (Lipinski definition) is 2. The van der Waals surface area contributed by atoms with E-state index in [2.05, 4.69) is 10.7 Å². The fraction of sp³-hybridized carbons (Fsp3) is 0.208. The van der Waals surface area contributed by atoms with Crippen LogP contribution in [0.3, 0.4) is 0 Å². The van der Waals surface area contributed by atoms with E-state index in [1.54, 1.807) is 28.9 Å². The van der Waals surface area contributed by atoms with Crippen molar-refractivity contribution in [2.24, 2.45) is 5.92 Å². The zero-order valence-electron chi connectivity index (χ0n) is 18.6. The number of anilines is 2. The summed E-state index contributed by atoms with van der Waals surface area (Å²) in [4.78, 5) is 49.7. The summed E-state index contributed by atoms with van der Waals surface area (Å²) >= 11 is 0. The van der Waals surface area contributed by atoms with Crippen molar-refractivity contribution >= 4 is 34.8 Å². The normalized spacial score (nSPS) is 15.3. The minimum atomic E-state index is -0.592. The van der Waals surface area contributed by atoms with Crippen molar-refractivity contribution in [1.82, 2.24) is 4.68 Å². The van der Waals surface area contributed by atoms with Crippen molar-refractivity contribution < 1.29 is 19.3 Å². The predicted molar refractivity (Wildman–Crippen MR) is 126 cm³/mol. The molecule has 1 atom stereocenters. The summed E-state index contributed by atoms with van der Waals surface area (Å²) in [5, 5.41) is 13.6. The molecule has 1 saturated heterocycles. The SMILES string of the molecule is Cc1ccc(C)n1NC(=O)c1cccc(NC(=O)[C@@H]2CC(=O)N(c3ccc([N+](=O)[O-])cc3)C2)c1. The monoisotopic (exact) mass is 461 g/mol. The molecule has 1 aromatic heterocycles. The number of hydrogen-bond acceptors (Lipinski definition) is 5. The van der Waals surface area contributed by atoms with E-state index in [4.69, 9.17) is 0 Å². The average Bonchev–Trinajstić information content (AvgIpc) is 3.36. The number of carbonyl (C=O) groups excluding carboxylic acids is 3. The van der Waals surface area contributed by atoms with E-state index < -0.39 is 10.8 Å². The molecule has 2 N–H and O–H groups in total. The highest BCUT2D eigenvalue weighted by molar-refractivity contribution is 6.05. The fourth-order valence-corrected chi connectivity index (χ4v) is 3.88. The highest BCUT2D eigenvalue weighted by Gasteiger charge is 2.35. The Morgan fingerprint density at radius 3 is 2.35 bits per heavy atom. The number of nitrogens with zero attached hydrogens (tertiary/aromatic N) is 3. The molecule has 0 aliphatic carbocycles. The summed E-state index contributed by atoms with van der Waals surface area (Å²) in [6, 6.07) is 16.0. The number of nitro groups is 1. The highest BCUT2D eigenvalue weighted by Crippen LogP contribution is 2.27. The van der Waals surface area contributed by atoms with Gasteiger partial charge >= 0.3 is 0 Å². The van der Waals surface area contributed by atoms with Crippen molar-refractivity contribution in [1.29, 1.82) is 0 Å². The first kappa shape index (κ1) is 22.7. The quantitative estimate of drug-likeness (QED) is 0.430. The number of non-ortho nitro benzene ring substituents is 1. The van der Waals surface area contributed by atoms with Crippen LogP contribution in [0.2, 0.25) is 0 Å². The minimum Gasteiger partial charge on any atom is -0.326 e. The van der Waals surface area contributed by atoms with Crippen LogP contribution < -0.4 is 15.6 Å². The Bertz CT molecular complexity index is 1260. The lowest BCUT2D eigenvalue weighted by Crippen LogP contribution is -2.28. The van der Waals surface area contributed by atoms with Gasteiger partial charge in [-0.2, -0.15) is 0 Å². The van der Waals surface area contributed by atoms with Gasteiger partial charge < -0.3 is 10.2 Å². The summed E-state index contributed by atoms with van der Waals surface area (Å²) in [6.07, 6.45) is 0.0230. The zero-order valence-corrected chi connectivity index (χ0v) is 18.6. The van der Waals surface area contributed by atoms with Crippen molar-refractivity contribution in [2.45, 2.75) is 20.3 Å². The number of rotatable bonds is 6. The molecule has 0 unspecified atom stereocenters. The minimum absolute atomic E-state index is 0.0230. The van der Waals surface area contributed by atoms with Gasteiger partial charge in [-0.3, -0.25) is 34.6 Å². The van der Waals surface area contributed by atoms with E-state index in [-0.39, 0.29) is 36.4 Å². The van der Waals surface area contributed by atoms with Crippen LogP contribution in [0.4, 0.5) is 17.1 Å². The Labute approximate surface area is 195 Å². The summed E-state index contributed by atoms with van der Waals surface area (Å²) in [5.41, 5.74) is 5.84. The van der Waals surface area contributed by atoms with Crippen LogP contribution >= 0.6 is 0 Å². The molecule has 0 spiro atoms. The van der Waals surface area contributed by atoms with Crippen molar-refractivity contribution in [3.8, 4) is 0 Å². The molecule has 10 nitrogen and oxygen atoms in total. The number of carbonyl (C=O) groups is 3. The number of benzene rings is 2. The Morgan fingerprint density at radius 1 is 1.03 bits per heavy atom. The second-order valence-electron chi connectivity index (χ2n) is 8.14. The third-order valence-electron chi connectivity index (χ3n) is 5.74. The molecular weight excluding hydrogens is 438 g/mol. The molecule has 0 saturated carbocycles. The third-order valence-corrected chi connectivity index (χ3v) is 5.74. The van der Waals surface area contributed by atoms with Gasteiger partial charge in [-0.25, -0.2) is 0 Å². The molecule has 3 aromatic rings. The lowest BCUT2D eigenvalue weighted by atomic mass is 10.1. The van der Waals surface area contributed by atoms with E-state index in [0.29, 0.717) is 16.9 Å². The van der Waals surface area contributed by atoms with Crippen molar-refractivity contribution in [3.63, 3.8) is 0 Å². The van der Waals surface area contributed by atoms with E-state index in [9.17, 15) is 24.5 Å². The Kier molecular flexibility index (Phi) is 6.13. The lowest BCUT2D eigenvalue weighted by molar-refractivity contribution is -0.384. The van der Waals surface area contributed by atoms with Crippen molar-refractivity contribution in [3.05, 3.63) is 87.7 Å². The molecule has 2 aromatic carbocycles. The summed E-state index contributed by atoms with van der Waals surface area (Å²) in [5.74, 6) is -1.49. The first-order chi connectivity index (χ1) is 16.2. The summed E-state index contributed by atoms with van der Waals surface area (Å²) < 4.78 is 1.69. The fourth-order valence-electron chi connectivity index (χ4n) is 3.88. The smallest absolute Gasteiger partial charge is 0.270 e. The van der Waals surface area contributed by atoms with Gasteiger partial charge in [-0.1, -0.05) is 6.07 Å². The second-order valence-corrected chi connectivity index (χ2v) is 8.14. The number of nitrogens with one attached hydrogen (secondary N) is 2. The van der Waals surface area contributed by atoms with E-state index in [1.807, 2.05) is 26.0 Å². The van der Waals surface area contributed by atoms with Crippen LogP contribution in [-0.2, 0) is 9.59 Å². The Hall–Kier alpha value is -4.47. The Balaban J connectivity index is 1.41. The van der Waals surface area contributed by atoms with Crippen LogP contribution in [0.25, 0.3) is 0 Å². The van der Waals surface area contributed by atoms with E-state index in [0.717, 1.165) is 11.4 Å². The molecule has 1 aliphatic rings. The lowest BCUT2D eigenvalue weighted by Gasteiger charge is -2.16. The standard InChI is InChI=1S/C24H23N5O5/c1-15-6-7-16(2)28(15)26-24(32)17-4-3-5-19(12-17)25-23(31)18-13-22(30)27(14-18)20-8-10-21(11-9-20)29(33)34/h3-12,18H,13-14H2,1-2H3,(H,25,31)(H,26,32)/t18-/m1/s1. The van der Waals surface area contributed by atoms with Crippen molar-refractivity contribution in [2.75, 3.05) is 22.2 Å². The van der Waals surface area contributed by atoms with Gasteiger partial charge in [-0.15, -0.1) is 0 Å². The van der Waals surface area contributed by atoms with Crippen LogP contribution in [0.5, 0.6) is 0 Å². The zero-order chi connectivity index (χ0) is 24.4. The van der Waals surface area contributed by atoms with Crippen LogP contribution in [0.15, 0.2) is 60.7 Å². The van der Waals surface area contributed by atoms with E-state index in [1.165, 1.54) is 29.2 Å². The first-order valence-electron chi connectivity index (χ1n) is 10.6. The molecular formula is C24H23N5O5. The average molecular weight is 461 g/mol. The molecule has 34 heavy (non-hydrogen) atoms. The van der Waals surface area contributed by atoms with Crippen LogP contribution in [-0.4, -0.2) is 33.9 Å². The van der Waals surface area contributed by atoms with Gasteiger partial charge in [0, 0.05) is 53.4 Å². The molecule has 174 valence electrons. The molecule has 1 fully saturated rings. The molecule has 0 radical (unpaired) electrons. The molecule has 0 bridgehead atoms. The first-order valence-corrected chi connectivity index (χ1v) is 10.6. The topological polar surface area (TPSA) is 127 Å². The van der Waals surface area contributed by atoms with Gasteiger partial charge in [-0.05, 0) is 56.3 Å². The van der Waals surface area contributed by atoms with Gasteiger partial charge in [0.2, 0.25) is 11.8 Å². The summed E-state index contributed by atoms with van der Waals surface area (Å²) in [7, 11) is 0. The number of amides is 3. The molecule has 4 rings (SSSR count). The largest absolute Gasteiger partial charge is 0.326 e.